The van der Waals surface area contributed by atoms with Gasteiger partial charge in [-0.15, -0.1) is 24.0 Å². The van der Waals surface area contributed by atoms with Crippen molar-refractivity contribution in [2.24, 2.45) is 16.8 Å². The van der Waals surface area contributed by atoms with Crippen LogP contribution in [0.4, 0.5) is 0 Å². The van der Waals surface area contributed by atoms with Crippen LogP contribution in [-0.2, 0) is 9.84 Å². The zero-order valence-corrected chi connectivity index (χ0v) is 19.1. The van der Waals surface area contributed by atoms with Crippen LogP contribution >= 0.6 is 24.0 Å². The molecule has 0 spiro atoms. The van der Waals surface area contributed by atoms with E-state index in [0.29, 0.717) is 24.6 Å². The zero-order chi connectivity index (χ0) is 17.6. The summed E-state index contributed by atoms with van der Waals surface area (Å²) in [6, 6.07) is 0. The number of hydrogen-bond acceptors (Lipinski definition) is 4. The maximum absolute atomic E-state index is 11.5. The molecule has 2 aliphatic heterocycles. The number of rotatable bonds is 6. The summed E-state index contributed by atoms with van der Waals surface area (Å²) in [6.45, 7) is 12.6. The Morgan fingerprint density at radius 2 is 1.92 bits per heavy atom. The number of likely N-dealkylation sites (tertiary alicyclic amines) is 1. The standard InChI is InChI=1S/C17H34N4O2S.HI/c1-4-18-17(21-7-5-16(14-21)13-15(2)3)19-6-8-20-9-11-24(22,23)12-10-20;/h15-16H,4-14H2,1-3H3,(H,18,19);1H. The van der Waals surface area contributed by atoms with Crippen LogP contribution in [0.2, 0.25) is 0 Å². The fourth-order valence-corrected chi connectivity index (χ4v) is 4.86. The van der Waals surface area contributed by atoms with Gasteiger partial charge in [0.25, 0.3) is 0 Å². The number of halogens is 1. The quantitative estimate of drug-likeness (QED) is 0.352. The van der Waals surface area contributed by atoms with E-state index in [9.17, 15) is 8.42 Å². The van der Waals surface area contributed by atoms with Gasteiger partial charge in [0.05, 0.1) is 18.1 Å². The molecule has 0 aromatic carbocycles. The largest absolute Gasteiger partial charge is 0.357 e. The van der Waals surface area contributed by atoms with E-state index in [4.69, 9.17) is 4.99 Å². The van der Waals surface area contributed by atoms with Gasteiger partial charge in [-0.2, -0.15) is 0 Å². The van der Waals surface area contributed by atoms with E-state index in [-0.39, 0.29) is 24.0 Å². The smallest absolute Gasteiger partial charge is 0.193 e. The lowest BCUT2D eigenvalue weighted by Gasteiger charge is -2.26. The zero-order valence-electron chi connectivity index (χ0n) is 15.9. The Morgan fingerprint density at radius 3 is 2.52 bits per heavy atom. The first-order valence-corrected chi connectivity index (χ1v) is 11.2. The van der Waals surface area contributed by atoms with Crippen LogP contribution < -0.4 is 5.32 Å². The van der Waals surface area contributed by atoms with E-state index in [1.54, 1.807) is 0 Å². The summed E-state index contributed by atoms with van der Waals surface area (Å²) in [5.41, 5.74) is 0. The maximum atomic E-state index is 11.5. The van der Waals surface area contributed by atoms with E-state index in [0.717, 1.165) is 50.5 Å². The van der Waals surface area contributed by atoms with Gasteiger partial charge in [-0.05, 0) is 31.6 Å². The number of hydrogen-bond donors (Lipinski definition) is 1. The van der Waals surface area contributed by atoms with E-state index in [2.05, 4.69) is 35.9 Å². The van der Waals surface area contributed by atoms with Gasteiger partial charge in [0.15, 0.2) is 15.8 Å². The molecular formula is C17H35IN4O2S. The van der Waals surface area contributed by atoms with Gasteiger partial charge in [0.2, 0.25) is 0 Å². The molecule has 0 aromatic heterocycles. The van der Waals surface area contributed by atoms with Gasteiger partial charge in [-0.1, -0.05) is 13.8 Å². The van der Waals surface area contributed by atoms with Gasteiger partial charge in [-0.25, -0.2) is 8.42 Å². The van der Waals surface area contributed by atoms with Crippen LogP contribution in [0.15, 0.2) is 4.99 Å². The average Bonchev–Trinajstić information content (AvgIpc) is 2.95. The van der Waals surface area contributed by atoms with Crippen LogP contribution in [0.3, 0.4) is 0 Å². The van der Waals surface area contributed by atoms with Gasteiger partial charge in [-0.3, -0.25) is 9.89 Å². The average molecular weight is 486 g/mol. The lowest BCUT2D eigenvalue weighted by molar-refractivity contribution is 0.303. The van der Waals surface area contributed by atoms with Crippen LogP contribution in [-0.4, -0.2) is 81.5 Å². The van der Waals surface area contributed by atoms with Gasteiger partial charge >= 0.3 is 0 Å². The molecule has 148 valence electrons. The minimum Gasteiger partial charge on any atom is -0.357 e. The van der Waals surface area contributed by atoms with Crippen molar-refractivity contribution >= 4 is 39.8 Å². The van der Waals surface area contributed by atoms with Crippen molar-refractivity contribution in [2.75, 3.05) is 57.3 Å². The molecule has 2 heterocycles. The summed E-state index contributed by atoms with van der Waals surface area (Å²) in [7, 11) is -2.79. The second-order valence-electron chi connectivity index (χ2n) is 7.46. The van der Waals surface area contributed by atoms with Gasteiger partial charge in [0.1, 0.15) is 0 Å². The third kappa shape index (κ3) is 7.99. The Morgan fingerprint density at radius 1 is 1.24 bits per heavy atom. The molecule has 0 aromatic rings. The SMILES string of the molecule is CCNC(=NCCN1CCS(=O)(=O)CC1)N1CCC(CC(C)C)C1.I. The molecule has 0 amide bonds. The van der Waals surface area contributed by atoms with Crippen molar-refractivity contribution in [3.63, 3.8) is 0 Å². The predicted octanol–water partition coefficient (Wildman–Crippen LogP) is 1.67. The van der Waals surface area contributed by atoms with Gasteiger partial charge in [0, 0.05) is 39.3 Å². The molecule has 0 saturated carbocycles. The Hall–Kier alpha value is -0.0900. The first kappa shape index (κ1) is 23.0. The topological polar surface area (TPSA) is 65.0 Å². The molecule has 2 saturated heterocycles. The van der Waals surface area contributed by atoms with E-state index < -0.39 is 9.84 Å². The predicted molar refractivity (Wildman–Crippen MR) is 116 cm³/mol. The summed E-state index contributed by atoms with van der Waals surface area (Å²) in [5, 5.41) is 3.41. The fourth-order valence-electron chi connectivity index (χ4n) is 3.58. The number of nitrogens with zero attached hydrogens (tertiary/aromatic N) is 3. The first-order chi connectivity index (χ1) is 11.4. The van der Waals surface area contributed by atoms with E-state index in [1.807, 2.05) is 0 Å². The lowest BCUT2D eigenvalue weighted by atomic mass is 9.97. The van der Waals surface area contributed by atoms with Gasteiger partial charge < -0.3 is 10.2 Å². The molecule has 1 atom stereocenters. The number of aliphatic imine (C=N–C) groups is 1. The molecule has 8 heteroatoms. The van der Waals surface area contributed by atoms with E-state index >= 15 is 0 Å². The molecule has 1 unspecified atom stereocenters. The van der Waals surface area contributed by atoms with Crippen LogP contribution in [0, 0.1) is 11.8 Å². The molecule has 1 N–H and O–H groups in total. The first-order valence-electron chi connectivity index (χ1n) is 9.35. The van der Waals surface area contributed by atoms with Crippen molar-refractivity contribution in [3.8, 4) is 0 Å². The highest BCUT2D eigenvalue weighted by Gasteiger charge is 2.25. The summed E-state index contributed by atoms with van der Waals surface area (Å²) in [5.74, 6) is 3.14. The maximum Gasteiger partial charge on any atom is 0.193 e. The third-order valence-electron chi connectivity index (χ3n) is 4.84. The molecule has 0 aliphatic carbocycles. The molecule has 2 aliphatic rings. The molecule has 2 fully saturated rings. The highest BCUT2D eigenvalue weighted by atomic mass is 127. The molecular weight excluding hydrogens is 451 g/mol. The van der Waals surface area contributed by atoms with Crippen molar-refractivity contribution in [1.29, 1.82) is 0 Å². The normalized spacial score (nSPS) is 24.4. The summed E-state index contributed by atoms with van der Waals surface area (Å²) in [6.07, 6.45) is 2.55. The molecule has 25 heavy (non-hydrogen) atoms. The third-order valence-corrected chi connectivity index (χ3v) is 6.45. The highest BCUT2D eigenvalue weighted by molar-refractivity contribution is 14.0. The fraction of sp³-hybridized carbons (Fsp3) is 0.941. The van der Waals surface area contributed by atoms with Crippen LogP contribution in [0.5, 0.6) is 0 Å². The number of nitrogens with one attached hydrogen (secondary N) is 1. The molecule has 0 radical (unpaired) electrons. The summed E-state index contributed by atoms with van der Waals surface area (Å²) >= 11 is 0. The molecule has 6 nitrogen and oxygen atoms in total. The van der Waals surface area contributed by atoms with Crippen molar-refractivity contribution < 1.29 is 8.42 Å². The second kappa shape index (κ2) is 10.9. The monoisotopic (exact) mass is 486 g/mol. The Labute approximate surface area is 170 Å². The lowest BCUT2D eigenvalue weighted by Crippen LogP contribution is -2.43. The summed E-state index contributed by atoms with van der Waals surface area (Å²) in [4.78, 5) is 9.37. The Kier molecular flexibility index (Phi) is 10.0. The minimum absolute atomic E-state index is 0. The Balaban J connectivity index is 0.00000312. The van der Waals surface area contributed by atoms with Crippen LogP contribution in [0.25, 0.3) is 0 Å². The second-order valence-corrected chi connectivity index (χ2v) is 9.76. The van der Waals surface area contributed by atoms with Crippen molar-refractivity contribution in [1.82, 2.24) is 15.1 Å². The molecule has 2 rings (SSSR count). The highest BCUT2D eigenvalue weighted by Crippen LogP contribution is 2.23. The molecule has 0 bridgehead atoms. The summed E-state index contributed by atoms with van der Waals surface area (Å²) < 4.78 is 22.9. The van der Waals surface area contributed by atoms with Crippen molar-refractivity contribution in [2.45, 2.75) is 33.6 Å². The van der Waals surface area contributed by atoms with E-state index in [1.165, 1.54) is 12.8 Å². The number of guanidine groups is 1. The van der Waals surface area contributed by atoms with Crippen molar-refractivity contribution in [3.05, 3.63) is 0 Å². The van der Waals surface area contributed by atoms with Crippen LogP contribution in [0.1, 0.15) is 33.6 Å². The minimum atomic E-state index is -2.79. The Bertz CT molecular complexity index is 511. The number of sulfone groups is 1.